The number of carbonyl (C=O) groups is 1. The Morgan fingerprint density at radius 1 is 1.45 bits per heavy atom. The molecule has 1 amide bonds. The number of carbonyl (C=O) groups excluding carboxylic acids is 1. The predicted molar refractivity (Wildman–Crippen MR) is 78.5 cm³/mol. The lowest BCUT2D eigenvalue weighted by Gasteiger charge is -2.15. The fraction of sp³-hybridized carbons (Fsp3) is 0.231. The molecular formula is C13H13Cl2N3O2. The van der Waals surface area contributed by atoms with Gasteiger partial charge in [-0.1, -0.05) is 23.2 Å². The van der Waals surface area contributed by atoms with Crippen LogP contribution in [0.25, 0.3) is 0 Å². The van der Waals surface area contributed by atoms with Crippen LogP contribution in [0.1, 0.15) is 12.5 Å². The van der Waals surface area contributed by atoms with Gasteiger partial charge >= 0.3 is 0 Å². The molecule has 2 N–H and O–H groups in total. The number of anilines is 1. The minimum atomic E-state index is -0.712. The van der Waals surface area contributed by atoms with Crippen molar-refractivity contribution in [1.29, 1.82) is 0 Å². The SMILES string of the molecule is Cc1cn[nH]c1NC(=O)C(C)Oc1ccc(Cl)cc1Cl. The lowest BCUT2D eigenvalue weighted by Crippen LogP contribution is -2.30. The molecule has 0 bridgehead atoms. The monoisotopic (exact) mass is 313 g/mol. The average Bonchev–Trinajstić information content (AvgIpc) is 2.78. The number of H-pyrrole nitrogens is 1. The molecule has 0 spiro atoms. The average molecular weight is 314 g/mol. The van der Waals surface area contributed by atoms with Crippen LogP contribution in [0.15, 0.2) is 24.4 Å². The molecule has 0 radical (unpaired) electrons. The maximum absolute atomic E-state index is 12.0. The number of aromatic nitrogens is 2. The number of nitrogens with one attached hydrogen (secondary N) is 2. The van der Waals surface area contributed by atoms with E-state index in [1.807, 2.05) is 6.92 Å². The first-order valence-electron chi connectivity index (χ1n) is 5.90. The highest BCUT2D eigenvalue weighted by molar-refractivity contribution is 6.35. The third-order valence-electron chi connectivity index (χ3n) is 2.64. The van der Waals surface area contributed by atoms with E-state index in [2.05, 4.69) is 15.5 Å². The Balaban J connectivity index is 2.02. The van der Waals surface area contributed by atoms with Gasteiger partial charge in [-0.15, -0.1) is 0 Å². The van der Waals surface area contributed by atoms with Gasteiger partial charge in [-0.3, -0.25) is 9.89 Å². The fourth-order valence-corrected chi connectivity index (χ4v) is 1.97. The van der Waals surface area contributed by atoms with Gasteiger partial charge in [0.05, 0.1) is 11.2 Å². The van der Waals surface area contributed by atoms with Gasteiger partial charge in [0.1, 0.15) is 11.6 Å². The van der Waals surface area contributed by atoms with E-state index in [9.17, 15) is 4.79 Å². The van der Waals surface area contributed by atoms with Crippen molar-refractivity contribution in [3.63, 3.8) is 0 Å². The van der Waals surface area contributed by atoms with Gasteiger partial charge in [-0.05, 0) is 32.0 Å². The maximum Gasteiger partial charge on any atom is 0.266 e. The van der Waals surface area contributed by atoms with Crippen molar-refractivity contribution in [2.75, 3.05) is 5.32 Å². The van der Waals surface area contributed by atoms with Crippen molar-refractivity contribution >= 4 is 34.9 Å². The summed E-state index contributed by atoms with van der Waals surface area (Å²) in [5, 5.41) is 10.1. The Kier molecular flexibility index (Phi) is 4.52. The number of hydrogen-bond acceptors (Lipinski definition) is 3. The molecule has 0 aliphatic heterocycles. The van der Waals surface area contributed by atoms with Crippen LogP contribution in [0, 0.1) is 6.92 Å². The zero-order chi connectivity index (χ0) is 14.7. The van der Waals surface area contributed by atoms with E-state index >= 15 is 0 Å². The number of amides is 1. The fourth-order valence-electron chi connectivity index (χ4n) is 1.51. The summed E-state index contributed by atoms with van der Waals surface area (Å²) in [4.78, 5) is 12.0. The lowest BCUT2D eigenvalue weighted by molar-refractivity contribution is -0.122. The Morgan fingerprint density at radius 3 is 2.80 bits per heavy atom. The second kappa shape index (κ2) is 6.15. The molecule has 2 aromatic rings. The number of rotatable bonds is 4. The van der Waals surface area contributed by atoms with Gasteiger partial charge in [-0.2, -0.15) is 5.10 Å². The van der Waals surface area contributed by atoms with Crippen LogP contribution >= 0.6 is 23.2 Å². The minimum Gasteiger partial charge on any atom is -0.479 e. The highest BCUT2D eigenvalue weighted by atomic mass is 35.5. The van der Waals surface area contributed by atoms with Gasteiger partial charge < -0.3 is 10.1 Å². The van der Waals surface area contributed by atoms with Gasteiger partial charge in [0.15, 0.2) is 6.10 Å². The first-order valence-corrected chi connectivity index (χ1v) is 6.65. The molecule has 0 saturated carbocycles. The number of ether oxygens (including phenoxy) is 1. The van der Waals surface area contributed by atoms with Crippen LogP contribution in [0.5, 0.6) is 5.75 Å². The second-order valence-corrected chi connectivity index (χ2v) is 5.10. The standard InChI is InChI=1S/C13H13Cl2N3O2/c1-7-6-16-18-12(7)17-13(19)8(2)20-11-4-3-9(14)5-10(11)15/h3-6,8H,1-2H3,(H2,16,17,18,19). The van der Waals surface area contributed by atoms with Crippen molar-refractivity contribution in [3.05, 3.63) is 40.0 Å². The Morgan fingerprint density at radius 2 is 2.20 bits per heavy atom. The molecule has 1 unspecified atom stereocenters. The third-order valence-corrected chi connectivity index (χ3v) is 3.17. The number of benzene rings is 1. The third kappa shape index (κ3) is 3.43. The summed E-state index contributed by atoms with van der Waals surface area (Å²) in [7, 11) is 0. The Bertz CT molecular complexity index is 628. The summed E-state index contributed by atoms with van der Waals surface area (Å²) in [6.07, 6.45) is 0.911. The minimum absolute atomic E-state index is 0.302. The highest BCUT2D eigenvalue weighted by Crippen LogP contribution is 2.28. The topological polar surface area (TPSA) is 67.0 Å². The van der Waals surface area contributed by atoms with Crippen LogP contribution in [0.2, 0.25) is 10.0 Å². The van der Waals surface area contributed by atoms with E-state index in [1.165, 1.54) is 0 Å². The van der Waals surface area contributed by atoms with Crippen molar-refractivity contribution in [2.24, 2.45) is 0 Å². The molecular weight excluding hydrogens is 301 g/mol. The van der Waals surface area contributed by atoms with Crippen molar-refractivity contribution in [1.82, 2.24) is 10.2 Å². The number of aryl methyl sites for hydroxylation is 1. The summed E-state index contributed by atoms with van der Waals surface area (Å²) in [5.41, 5.74) is 0.843. The van der Waals surface area contributed by atoms with Crippen molar-refractivity contribution in [2.45, 2.75) is 20.0 Å². The number of hydrogen-bond donors (Lipinski definition) is 2. The quantitative estimate of drug-likeness (QED) is 0.908. The van der Waals surface area contributed by atoms with Crippen LogP contribution in [-0.2, 0) is 4.79 Å². The van der Waals surface area contributed by atoms with E-state index in [0.717, 1.165) is 5.56 Å². The highest BCUT2D eigenvalue weighted by Gasteiger charge is 2.17. The lowest BCUT2D eigenvalue weighted by atomic mass is 10.3. The molecule has 7 heteroatoms. The van der Waals surface area contributed by atoms with E-state index < -0.39 is 6.10 Å². The molecule has 1 heterocycles. The van der Waals surface area contributed by atoms with Crippen LogP contribution in [-0.4, -0.2) is 22.2 Å². The van der Waals surface area contributed by atoms with E-state index in [-0.39, 0.29) is 5.91 Å². The molecule has 1 aromatic heterocycles. The summed E-state index contributed by atoms with van der Waals surface area (Å²) < 4.78 is 5.51. The van der Waals surface area contributed by atoms with Crippen molar-refractivity contribution < 1.29 is 9.53 Å². The van der Waals surface area contributed by atoms with Crippen LogP contribution < -0.4 is 10.1 Å². The predicted octanol–water partition coefficient (Wildman–Crippen LogP) is 3.43. The molecule has 0 fully saturated rings. The summed E-state index contributed by atoms with van der Waals surface area (Å²) in [6.45, 7) is 3.46. The molecule has 1 atom stereocenters. The van der Waals surface area contributed by atoms with E-state index in [0.29, 0.717) is 21.6 Å². The zero-order valence-corrected chi connectivity index (χ0v) is 12.4. The van der Waals surface area contributed by atoms with Gasteiger partial charge in [0.2, 0.25) is 0 Å². The second-order valence-electron chi connectivity index (χ2n) is 4.25. The van der Waals surface area contributed by atoms with Gasteiger partial charge in [0, 0.05) is 10.6 Å². The molecule has 0 aliphatic rings. The molecule has 2 rings (SSSR count). The maximum atomic E-state index is 12.0. The molecule has 0 saturated heterocycles. The van der Waals surface area contributed by atoms with Crippen molar-refractivity contribution in [3.8, 4) is 5.75 Å². The Labute approximate surface area is 126 Å². The number of halogens is 2. The molecule has 0 aliphatic carbocycles. The summed E-state index contributed by atoms with van der Waals surface area (Å²) >= 11 is 11.8. The first kappa shape index (κ1) is 14.7. The summed E-state index contributed by atoms with van der Waals surface area (Å²) in [5.74, 6) is 0.649. The van der Waals surface area contributed by atoms with Gasteiger partial charge in [0.25, 0.3) is 5.91 Å². The van der Waals surface area contributed by atoms with E-state index in [4.69, 9.17) is 27.9 Å². The number of aromatic amines is 1. The molecule has 5 nitrogen and oxygen atoms in total. The largest absolute Gasteiger partial charge is 0.479 e. The first-order chi connectivity index (χ1) is 9.47. The van der Waals surface area contributed by atoms with Crippen LogP contribution in [0.3, 0.4) is 0 Å². The van der Waals surface area contributed by atoms with Gasteiger partial charge in [-0.25, -0.2) is 0 Å². The summed E-state index contributed by atoms with van der Waals surface area (Å²) in [6, 6.07) is 4.82. The van der Waals surface area contributed by atoms with E-state index in [1.54, 1.807) is 31.3 Å². The molecule has 20 heavy (non-hydrogen) atoms. The normalized spacial score (nSPS) is 12.0. The Hall–Kier alpha value is -1.72. The molecule has 1 aromatic carbocycles. The zero-order valence-electron chi connectivity index (χ0n) is 10.9. The smallest absolute Gasteiger partial charge is 0.266 e. The van der Waals surface area contributed by atoms with Crippen LogP contribution in [0.4, 0.5) is 5.82 Å². The molecule has 106 valence electrons. The number of nitrogens with zero attached hydrogens (tertiary/aromatic N) is 1.